The molecule has 4 nitrogen and oxygen atoms in total. The average molecular weight is 249 g/mol. The maximum absolute atomic E-state index is 10.9. The zero-order valence-corrected chi connectivity index (χ0v) is 10.8. The first-order chi connectivity index (χ1) is 8.46. The SMILES string of the molecule is CC1(C)CN(Cc2cccc(C(=O)O)c2)CCO1. The highest BCUT2D eigenvalue weighted by atomic mass is 16.5. The molecule has 98 valence electrons. The smallest absolute Gasteiger partial charge is 0.335 e. The van der Waals surface area contributed by atoms with Gasteiger partial charge in [-0.3, -0.25) is 4.90 Å². The molecule has 18 heavy (non-hydrogen) atoms. The summed E-state index contributed by atoms with van der Waals surface area (Å²) < 4.78 is 5.66. The predicted octanol–water partition coefficient (Wildman–Crippen LogP) is 2.00. The summed E-state index contributed by atoms with van der Waals surface area (Å²) in [5, 5.41) is 8.96. The van der Waals surface area contributed by atoms with E-state index in [0.29, 0.717) is 5.56 Å². The van der Waals surface area contributed by atoms with Crippen LogP contribution in [0.4, 0.5) is 0 Å². The lowest BCUT2D eigenvalue weighted by atomic mass is 10.1. The van der Waals surface area contributed by atoms with Crippen molar-refractivity contribution in [1.29, 1.82) is 0 Å². The molecule has 0 unspecified atom stereocenters. The van der Waals surface area contributed by atoms with Crippen LogP contribution in [0.1, 0.15) is 29.8 Å². The van der Waals surface area contributed by atoms with Gasteiger partial charge in [-0.2, -0.15) is 0 Å². The lowest BCUT2D eigenvalue weighted by Gasteiger charge is -2.38. The van der Waals surface area contributed by atoms with Crippen molar-refractivity contribution < 1.29 is 14.6 Å². The lowest BCUT2D eigenvalue weighted by molar-refractivity contribution is -0.0882. The number of ether oxygens (including phenoxy) is 1. The maximum atomic E-state index is 10.9. The molecule has 0 radical (unpaired) electrons. The summed E-state index contributed by atoms with van der Waals surface area (Å²) in [7, 11) is 0. The number of carboxylic acids is 1. The fourth-order valence-electron chi connectivity index (χ4n) is 2.31. The Morgan fingerprint density at radius 3 is 2.94 bits per heavy atom. The summed E-state index contributed by atoms with van der Waals surface area (Å²) in [6, 6.07) is 7.12. The molecule has 1 aliphatic rings. The monoisotopic (exact) mass is 249 g/mol. The molecule has 1 aromatic carbocycles. The number of carbonyl (C=O) groups is 1. The second kappa shape index (κ2) is 5.08. The molecule has 0 amide bonds. The number of benzene rings is 1. The molecule has 0 atom stereocenters. The molecule has 2 rings (SSSR count). The number of carboxylic acid groups (broad SMARTS) is 1. The highest BCUT2D eigenvalue weighted by Crippen LogP contribution is 2.18. The van der Waals surface area contributed by atoms with E-state index in [9.17, 15) is 4.79 Å². The third-order valence-electron chi connectivity index (χ3n) is 3.08. The molecule has 0 bridgehead atoms. The first-order valence-corrected chi connectivity index (χ1v) is 6.15. The highest BCUT2D eigenvalue weighted by Gasteiger charge is 2.26. The molecular weight excluding hydrogens is 230 g/mol. The van der Waals surface area contributed by atoms with E-state index in [4.69, 9.17) is 9.84 Å². The Bertz CT molecular complexity index is 442. The summed E-state index contributed by atoms with van der Waals surface area (Å²) in [4.78, 5) is 13.2. The van der Waals surface area contributed by atoms with E-state index in [1.54, 1.807) is 18.2 Å². The average Bonchev–Trinajstić information content (AvgIpc) is 2.28. The molecule has 1 N–H and O–H groups in total. The highest BCUT2D eigenvalue weighted by molar-refractivity contribution is 5.87. The minimum Gasteiger partial charge on any atom is -0.478 e. The van der Waals surface area contributed by atoms with E-state index < -0.39 is 5.97 Å². The Kier molecular flexibility index (Phi) is 3.68. The Labute approximate surface area is 107 Å². The Morgan fingerprint density at radius 1 is 1.50 bits per heavy atom. The number of nitrogens with zero attached hydrogens (tertiary/aromatic N) is 1. The van der Waals surface area contributed by atoms with Crippen LogP contribution < -0.4 is 0 Å². The number of hydrogen-bond donors (Lipinski definition) is 1. The van der Waals surface area contributed by atoms with Crippen LogP contribution in [0.5, 0.6) is 0 Å². The summed E-state index contributed by atoms with van der Waals surface area (Å²) in [5.74, 6) is -0.876. The van der Waals surface area contributed by atoms with Gasteiger partial charge in [-0.25, -0.2) is 4.79 Å². The summed E-state index contributed by atoms with van der Waals surface area (Å²) in [5.41, 5.74) is 1.26. The van der Waals surface area contributed by atoms with Crippen LogP contribution in [-0.2, 0) is 11.3 Å². The van der Waals surface area contributed by atoms with Gasteiger partial charge in [0.05, 0.1) is 17.8 Å². The predicted molar refractivity (Wildman–Crippen MR) is 68.7 cm³/mol. The first-order valence-electron chi connectivity index (χ1n) is 6.15. The Hall–Kier alpha value is -1.39. The van der Waals surface area contributed by atoms with Crippen molar-refractivity contribution in [3.63, 3.8) is 0 Å². The van der Waals surface area contributed by atoms with Gasteiger partial charge in [-0.15, -0.1) is 0 Å². The van der Waals surface area contributed by atoms with E-state index in [0.717, 1.165) is 31.8 Å². The van der Waals surface area contributed by atoms with Crippen LogP contribution >= 0.6 is 0 Å². The molecule has 1 fully saturated rings. The van der Waals surface area contributed by atoms with Crippen molar-refractivity contribution in [3.8, 4) is 0 Å². The number of aromatic carboxylic acids is 1. The van der Waals surface area contributed by atoms with E-state index in [2.05, 4.69) is 18.7 Å². The van der Waals surface area contributed by atoms with Crippen LogP contribution in [0.15, 0.2) is 24.3 Å². The van der Waals surface area contributed by atoms with Crippen LogP contribution in [0.25, 0.3) is 0 Å². The van der Waals surface area contributed by atoms with Crippen molar-refractivity contribution in [2.75, 3.05) is 19.7 Å². The van der Waals surface area contributed by atoms with Crippen molar-refractivity contribution in [2.45, 2.75) is 26.0 Å². The summed E-state index contributed by atoms with van der Waals surface area (Å²) >= 11 is 0. The molecule has 1 heterocycles. The van der Waals surface area contributed by atoms with Gasteiger partial charge in [-0.05, 0) is 31.5 Å². The number of morpholine rings is 1. The number of hydrogen-bond acceptors (Lipinski definition) is 3. The topological polar surface area (TPSA) is 49.8 Å². The second-order valence-corrected chi connectivity index (χ2v) is 5.32. The van der Waals surface area contributed by atoms with Crippen LogP contribution in [0, 0.1) is 0 Å². The van der Waals surface area contributed by atoms with E-state index >= 15 is 0 Å². The normalized spacial score (nSPS) is 19.7. The molecule has 0 aliphatic carbocycles. The van der Waals surface area contributed by atoms with Crippen LogP contribution in [0.2, 0.25) is 0 Å². The molecule has 0 aromatic heterocycles. The molecule has 0 saturated carbocycles. The van der Waals surface area contributed by atoms with Crippen molar-refractivity contribution in [1.82, 2.24) is 4.90 Å². The maximum Gasteiger partial charge on any atom is 0.335 e. The minimum atomic E-state index is -0.876. The fraction of sp³-hybridized carbons (Fsp3) is 0.500. The zero-order chi connectivity index (χ0) is 13.2. The summed E-state index contributed by atoms with van der Waals surface area (Å²) in [6.45, 7) is 7.41. The molecule has 0 spiro atoms. The summed E-state index contributed by atoms with van der Waals surface area (Å²) in [6.07, 6.45) is 0. The molecule has 1 aromatic rings. The van der Waals surface area contributed by atoms with Crippen LogP contribution in [0.3, 0.4) is 0 Å². The van der Waals surface area contributed by atoms with Gasteiger partial charge in [0.1, 0.15) is 0 Å². The van der Waals surface area contributed by atoms with Gasteiger partial charge in [0.2, 0.25) is 0 Å². The second-order valence-electron chi connectivity index (χ2n) is 5.32. The van der Waals surface area contributed by atoms with Gasteiger partial charge in [0, 0.05) is 19.6 Å². The van der Waals surface area contributed by atoms with E-state index in [1.165, 1.54) is 0 Å². The first kappa shape index (κ1) is 13.1. The Morgan fingerprint density at radius 2 is 2.28 bits per heavy atom. The molecule has 1 aliphatic heterocycles. The van der Waals surface area contributed by atoms with Crippen molar-refractivity contribution in [2.24, 2.45) is 0 Å². The van der Waals surface area contributed by atoms with Gasteiger partial charge < -0.3 is 9.84 Å². The van der Waals surface area contributed by atoms with E-state index in [1.807, 2.05) is 6.07 Å². The quantitative estimate of drug-likeness (QED) is 0.890. The van der Waals surface area contributed by atoms with E-state index in [-0.39, 0.29) is 5.60 Å². The van der Waals surface area contributed by atoms with Crippen molar-refractivity contribution >= 4 is 5.97 Å². The van der Waals surface area contributed by atoms with Crippen LogP contribution in [-0.4, -0.2) is 41.3 Å². The van der Waals surface area contributed by atoms with Gasteiger partial charge in [0.15, 0.2) is 0 Å². The largest absolute Gasteiger partial charge is 0.478 e. The van der Waals surface area contributed by atoms with Gasteiger partial charge in [0.25, 0.3) is 0 Å². The zero-order valence-electron chi connectivity index (χ0n) is 10.8. The minimum absolute atomic E-state index is 0.122. The number of rotatable bonds is 3. The Balaban J connectivity index is 2.05. The third-order valence-corrected chi connectivity index (χ3v) is 3.08. The fourth-order valence-corrected chi connectivity index (χ4v) is 2.31. The van der Waals surface area contributed by atoms with Crippen molar-refractivity contribution in [3.05, 3.63) is 35.4 Å². The molecule has 4 heteroatoms. The third kappa shape index (κ3) is 3.31. The molecular formula is C14H19NO3. The molecule has 1 saturated heterocycles. The van der Waals surface area contributed by atoms with Gasteiger partial charge in [-0.1, -0.05) is 12.1 Å². The standard InChI is InChI=1S/C14H19NO3/c1-14(2)10-15(6-7-18-14)9-11-4-3-5-12(8-11)13(16)17/h3-5,8H,6-7,9-10H2,1-2H3,(H,16,17). The van der Waals surface area contributed by atoms with Gasteiger partial charge >= 0.3 is 5.97 Å². The lowest BCUT2D eigenvalue weighted by Crippen LogP contribution is -2.47.